The largest absolute Gasteiger partial charge is 0.315 e. The van der Waals surface area contributed by atoms with E-state index in [-0.39, 0.29) is 0 Å². The minimum atomic E-state index is 0.911. The minimum absolute atomic E-state index is 0.911. The van der Waals surface area contributed by atoms with Gasteiger partial charge in [-0.3, -0.25) is 0 Å². The van der Waals surface area contributed by atoms with Crippen LogP contribution in [-0.4, -0.2) is 25.8 Å². The van der Waals surface area contributed by atoms with Gasteiger partial charge >= 0.3 is 0 Å². The molecule has 2 heterocycles. The zero-order chi connectivity index (χ0) is 9.97. The van der Waals surface area contributed by atoms with Crippen molar-refractivity contribution in [2.75, 3.05) is 6.26 Å². The number of hydrogen-bond donors (Lipinski definition) is 0. The van der Waals surface area contributed by atoms with Crippen molar-refractivity contribution in [1.82, 2.24) is 19.5 Å². The molecule has 0 saturated carbocycles. The molecule has 2 rings (SSSR count). The Hall–Kier alpha value is -1.10. The number of imidazole rings is 1. The number of rotatable bonds is 3. The first-order valence-corrected chi connectivity index (χ1v) is 5.79. The van der Waals surface area contributed by atoms with E-state index in [1.807, 2.05) is 12.6 Å². The van der Waals surface area contributed by atoms with Gasteiger partial charge in [0.25, 0.3) is 0 Å². The lowest BCUT2D eigenvalue weighted by molar-refractivity contribution is 0.691. The lowest BCUT2D eigenvalue weighted by Gasteiger charge is -2.00. The first-order chi connectivity index (χ1) is 6.86. The summed E-state index contributed by atoms with van der Waals surface area (Å²) in [4.78, 5) is 12.7. The third-order valence-electron chi connectivity index (χ3n) is 2.03. The normalized spacial score (nSPS) is 11.0. The SMILES string of the molecule is CCCn1cnc2c(SC)ncnc21. The van der Waals surface area contributed by atoms with Crippen LogP contribution in [-0.2, 0) is 6.54 Å². The second-order valence-corrected chi connectivity index (χ2v) is 3.79. The highest BCUT2D eigenvalue weighted by molar-refractivity contribution is 7.98. The predicted octanol–water partition coefficient (Wildman–Crippen LogP) is 1.96. The maximum Gasteiger partial charge on any atom is 0.164 e. The quantitative estimate of drug-likeness (QED) is 0.571. The Kier molecular flexibility index (Phi) is 2.67. The molecule has 0 radical (unpaired) electrons. The maximum atomic E-state index is 4.33. The molecule has 0 fully saturated rings. The molecule has 74 valence electrons. The van der Waals surface area contributed by atoms with Crippen LogP contribution in [0.25, 0.3) is 11.2 Å². The van der Waals surface area contributed by atoms with Crippen molar-refractivity contribution in [3.05, 3.63) is 12.7 Å². The minimum Gasteiger partial charge on any atom is -0.315 e. The van der Waals surface area contributed by atoms with Gasteiger partial charge < -0.3 is 4.57 Å². The molecule has 0 aliphatic carbocycles. The van der Waals surface area contributed by atoms with Gasteiger partial charge in [0.05, 0.1) is 6.33 Å². The van der Waals surface area contributed by atoms with E-state index in [2.05, 4.69) is 26.4 Å². The first-order valence-electron chi connectivity index (χ1n) is 4.56. The van der Waals surface area contributed by atoms with E-state index >= 15 is 0 Å². The van der Waals surface area contributed by atoms with Crippen molar-refractivity contribution in [1.29, 1.82) is 0 Å². The average Bonchev–Trinajstić information content (AvgIpc) is 2.62. The van der Waals surface area contributed by atoms with E-state index in [4.69, 9.17) is 0 Å². The topological polar surface area (TPSA) is 43.6 Å². The summed E-state index contributed by atoms with van der Waals surface area (Å²) in [6.45, 7) is 3.10. The molecule has 0 aliphatic heterocycles. The summed E-state index contributed by atoms with van der Waals surface area (Å²) in [5, 5.41) is 0.949. The Bertz CT molecular complexity index is 437. The molecule has 0 N–H and O–H groups in total. The van der Waals surface area contributed by atoms with E-state index in [1.165, 1.54) is 0 Å². The molecule has 0 bridgehead atoms. The fourth-order valence-corrected chi connectivity index (χ4v) is 1.90. The van der Waals surface area contributed by atoms with Gasteiger partial charge in [-0.05, 0) is 12.7 Å². The number of hydrogen-bond acceptors (Lipinski definition) is 4. The van der Waals surface area contributed by atoms with Crippen molar-refractivity contribution in [3.63, 3.8) is 0 Å². The van der Waals surface area contributed by atoms with Crippen molar-refractivity contribution >= 4 is 22.9 Å². The summed E-state index contributed by atoms with van der Waals surface area (Å²) in [5.41, 5.74) is 1.85. The van der Waals surface area contributed by atoms with E-state index in [1.54, 1.807) is 18.1 Å². The second kappa shape index (κ2) is 3.96. The molecule has 0 saturated heterocycles. The zero-order valence-corrected chi connectivity index (χ0v) is 9.08. The van der Waals surface area contributed by atoms with Crippen LogP contribution in [0.1, 0.15) is 13.3 Å². The molecule has 4 nitrogen and oxygen atoms in total. The highest BCUT2D eigenvalue weighted by atomic mass is 32.2. The number of nitrogens with zero attached hydrogens (tertiary/aromatic N) is 4. The average molecular weight is 208 g/mol. The zero-order valence-electron chi connectivity index (χ0n) is 8.27. The van der Waals surface area contributed by atoms with Gasteiger partial charge in [0, 0.05) is 6.54 Å². The van der Waals surface area contributed by atoms with E-state index in [9.17, 15) is 0 Å². The molecule has 0 unspecified atom stereocenters. The van der Waals surface area contributed by atoms with E-state index in [0.29, 0.717) is 0 Å². The summed E-state index contributed by atoms with van der Waals surface area (Å²) in [5.74, 6) is 0. The lowest BCUT2D eigenvalue weighted by atomic mass is 10.4. The highest BCUT2D eigenvalue weighted by Crippen LogP contribution is 2.20. The molecule has 0 aliphatic rings. The van der Waals surface area contributed by atoms with Crippen LogP contribution in [0, 0.1) is 0 Å². The second-order valence-electron chi connectivity index (χ2n) is 2.99. The number of aryl methyl sites for hydroxylation is 1. The van der Waals surface area contributed by atoms with Gasteiger partial charge in [-0.2, -0.15) is 0 Å². The first kappa shape index (κ1) is 9.45. The summed E-state index contributed by atoms with van der Waals surface area (Å²) >= 11 is 1.60. The Morgan fingerprint density at radius 1 is 1.36 bits per heavy atom. The smallest absolute Gasteiger partial charge is 0.164 e. The van der Waals surface area contributed by atoms with Gasteiger partial charge in [-0.15, -0.1) is 11.8 Å². The molecule has 0 aromatic carbocycles. The fraction of sp³-hybridized carbons (Fsp3) is 0.444. The third kappa shape index (κ3) is 1.48. The Morgan fingerprint density at radius 3 is 2.93 bits per heavy atom. The summed E-state index contributed by atoms with van der Waals surface area (Å²) in [6, 6.07) is 0. The molecule has 2 aromatic heterocycles. The van der Waals surface area contributed by atoms with Gasteiger partial charge in [0.2, 0.25) is 0 Å². The fourth-order valence-electron chi connectivity index (χ4n) is 1.41. The van der Waals surface area contributed by atoms with E-state index < -0.39 is 0 Å². The van der Waals surface area contributed by atoms with Gasteiger partial charge in [0.15, 0.2) is 5.65 Å². The lowest BCUT2D eigenvalue weighted by Crippen LogP contribution is -1.96. The standard InChI is InChI=1S/C9H12N4S/c1-3-4-13-6-12-7-8(13)10-5-11-9(7)14-2/h5-6H,3-4H2,1-2H3. The van der Waals surface area contributed by atoms with Crippen LogP contribution in [0.3, 0.4) is 0 Å². The summed E-state index contributed by atoms with van der Waals surface area (Å²) < 4.78 is 2.07. The van der Waals surface area contributed by atoms with Crippen LogP contribution < -0.4 is 0 Å². The highest BCUT2D eigenvalue weighted by Gasteiger charge is 2.07. The summed E-state index contributed by atoms with van der Waals surface area (Å²) in [6.07, 6.45) is 6.52. The van der Waals surface area contributed by atoms with Crippen LogP contribution in [0.2, 0.25) is 0 Å². The molecule has 0 atom stereocenters. The molecule has 0 amide bonds. The Labute approximate surface area is 86.8 Å². The van der Waals surface area contributed by atoms with Crippen molar-refractivity contribution in [2.45, 2.75) is 24.9 Å². The molecule has 14 heavy (non-hydrogen) atoms. The van der Waals surface area contributed by atoms with Gasteiger partial charge in [0.1, 0.15) is 16.9 Å². The Balaban J connectivity index is 2.57. The van der Waals surface area contributed by atoms with Crippen molar-refractivity contribution in [3.8, 4) is 0 Å². The van der Waals surface area contributed by atoms with Gasteiger partial charge in [-0.25, -0.2) is 15.0 Å². The van der Waals surface area contributed by atoms with Gasteiger partial charge in [-0.1, -0.05) is 6.92 Å². The van der Waals surface area contributed by atoms with Crippen LogP contribution in [0.5, 0.6) is 0 Å². The molecule has 2 aromatic rings. The molecule has 5 heteroatoms. The Morgan fingerprint density at radius 2 is 2.21 bits per heavy atom. The summed E-state index contributed by atoms with van der Waals surface area (Å²) in [7, 11) is 0. The van der Waals surface area contributed by atoms with E-state index in [0.717, 1.165) is 29.2 Å². The number of thioether (sulfide) groups is 1. The van der Waals surface area contributed by atoms with Crippen molar-refractivity contribution < 1.29 is 0 Å². The van der Waals surface area contributed by atoms with Crippen LogP contribution in [0.15, 0.2) is 17.7 Å². The molecule has 0 spiro atoms. The predicted molar refractivity (Wildman–Crippen MR) is 57.4 cm³/mol. The molecular formula is C9H12N4S. The molecular weight excluding hydrogens is 196 g/mol. The number of fused-ring (bicyclic) bond motifs is 1. The monoisotopic (exact) mass is 208 g/mol. The number of aromatic nitrogens is 4. The third-order valence-corrected chi connectivity index (χ3v) is 2.71. The maximum absolute atomic E-state index is 4.33. The van der Waals surface area contributed by atoms with Crippen LogP contribution >= 0.6 is 11.8 Å². The van der Waals surface area contributed by atoms with Crippen LogP contribution in [0.4, 0.5) is 0 Å². The van der Waals surface area contributed by atoms with Crippen molar-refractivity contribution in [2.24, 2.45) is 0 Å².